The van der Waals surface area contributed by atoms with Crippen LogP contribution >= 0.6 is 11.6 Å². The van der Waals surface area contributed by atoms with Gasteiger partial charge in [-0.1, -0.05) is 23.7 Å². The second-order valence-corrected chi connectivity index (χ2v) is 7.00. The van der Waals surface area contributed by atoms with E-state index in [0.717, 1.165) is 18.4 Å². The highest BCUT2D eigenvalue weighted by atomic mass is 35.5. The summed E-state index contributed by atoms with van der Waals surface area (Å²) in [6, 6.07) is 14.4. The van der Waals surface area contributed by atoms with Crippen molar-refractivity contribution in [1.29, 1.82) is 0 Å². The van der Waals surface area contributed by atoms with Crippen molar-refractivity contribution in [3.05, 3.63) is 81.3 Å². The highest BCUT2D eigenvalue weighted by molar-refractivity contribution is 6.30. The number of hydrogen-bond acceptors (Lipinski definition) is 3. The summed E-state index contributed by atoms with van der Waals surface area (Å²) in [5.41, 5.74) is 1.29. The maximum Gasteiger partial charge on any atom is 0.261 e. The van der Waals surface area contributed by atoms with Gasteiger partial charge in [-0.2, -0.15) is 0 Å². The van der Waals surface area contributed by atoms with Gasteiger partial charge >= 0.3 is 0 Å². The molecule has 1 aliphatic carbocycles. The Morgan fingerprint density at radius 2 is 1.92 bits per heavy atom. The number of aromatic nitrogens is 1. The van der Waals surface area contributed by atoms with Crippen molar-refractivity contribution in [2.24, 2.45) is 0 Å². The van der Waals surface area contributed by atoms with Crippen molar-refractivity contribution in [1.82, 2.24) is 10.3 Å². The normalized spacial score (nSPS) is 14.8. The van der Waals surface area contributed by atoms with E-state index >= 15 is 0 Å². The molecular formula is C20H17ClN2O3. The van der Waals surface area contributed by atoms with Crippen LogP contribution in [-0.2, 0) is 5.41 Å². The van der Waals surface area contributed by atoms with E-state index in [4.69, 9.17) is 16.0 Å². The van der Waals surface area contributed by atoms with Crippen LogP contribution in [0.15, 0.2) is 64.0 Å². The van der Waals surface area contributed by atoms with Crippen LogP contribution in [0.2, 0.25) is 5.02 Å². The van der Waals surface area contributed by atoms with E-state index in [2.05, 4.69) is 10.3 Å². The van der Waals surface area contributed by atoms with E-state index in [1.165, 1.54) is 12.3 Å². The molecule has 0 saturated heterocycles. The van der Waals surface area contributed by atoms with Gasteiger partial charge in [-0.05, 0) is 54.8 Å². The number of halogens is 1. The average molecular weight is 369 g/mol. The maximum atomic E-state index is 12.4. The molecule has 6 heteroatoms. The Kier molecular flexibility index (Phi) is 4.17. The molecule has 2 aromatic heterocycles. The lowest BCUT2D eigenvalue weighted by molar-refractivity contribution is 0.0948. The molecule has 0 atom stereocenters. The zero-order valence-corrected chi connectivity index (χ0v) is 14.7. The maximum absolute atomic E-state index is 12.4. The molecular weight excluding hydrogens is 352 g/mol. The lowest BCUT2D eigenvalue weighted by Crippen LogP contribution is -2.35. The molecule has 0 unspecified atom stereocenters. The first-order valence-electron chi connectivity index (χ1n) is 8.39. The Morgan fingerprint density at radius 3 is 2.54 bits per heavy atom. The summed E-state index contributed by atoms with van der Waals surface area (Å²) in [7, 11) is 0. The van der Waals surface area contributed by atoms with Gasteiger partial charge in [-0.25, -0.2) is 0 Å². The topological polar surface area (TPSA) is 75.1 Å². The molecule has 0 bridgehead atoms. The van der Waals surface area contributed by atoms with E-state index in [1.54, 1.807) is 18.2 Å². The second kappa shape index (κ2) is 6.50. The minimum atomic E-state index is -0.437. The summed E-state index contributed by atoms with van der Waals surface area (Å²) in [6.07, 6.45) is 3.53. The monoisotopic (exact) mass is 368 g/mol. The SMILES string of the molecule is O=C(NCC1(c2ccc(Cl)cc2)CC1)c1ccc(-c2ccco2)[nH]c1=O. The quantitative estimate of drug-likeness (QED) is 0.720. The lowest BCUT2D eigenvalue weighted by atomic mass is 9.96. The molecule has 1 fully saturated rings. The zero-order chi connectivity index (χ0) is 18.1. The molecule has 0 spiro atoms. The first kappa shape index (κ1) is 16.7. The highest BCUT2D eigenvalue weighted by Gasteiger charge is 2.44. The number of benzene rings is 1. The van der Waals surface area contributed by atoms with Gasteiger partial charge in [0.05, 0.1) is 12.0 Å². The molecule has 5 nitrogen and oxygen atoms in total. The Labute approximate surface area is 155 Å². The third-order valence-electron chi connectivity index (χ3n) is 4.84. The summed E-state index contributed by atoms with van der Waals surface area (Å²) in [5.74, 6) is 0.172. The fourth-order valence-electron chi connectivity index (χ4n) is 3.09. The molecule has 132 valence electrons. The van der Waals surface area contributed by atoms with E-state index < -0.39 is 5.56 Å². The van der Waals surface area contributed by atoms with Gasteiger partial charge in [0.15, 0.2) is 0 Å². The Bertz CT molecular complexity index is 987. The third-order valence-corrected chi connectivity index (χ3v) is 5.09. The largest absolute Gasteiger partial charge is 0.463 e. The number of aromatic amines is 1. The van der Waals surface area contributed by atoms with Gasteiger partial charge in [0, 0.05) is 17.0 Å². The predicted octanol–water partition coefficient (Wildman–Crippen LogP) is 3.75. The Balaban J connectivity index is 1.47. The fraction of sp³-hybridized carbons (Fsp3) is 0.200. The van der Waals surface area contributed by atoms with Crippen LogP contribution in [0.1, 0.15) is 28.8 Å². The van der Waals surface area contributed by atoms with Gasteiger partial charge in [0.2, 0.25) is 0 Å². The van der Waals surface area contributed by atoms with Crippen molar-refractivity contribution in [3.63, 3.8) is 0 Å². The van der Waals surface area contributed by atoms with E-state index in [9.17, 15) is 9.59 Å². The van der Waals surface area contributed by atoms with Gasteiger partial charge < -0.3 is 14.7 Å². The smallest absolute Gasteiger partial charge is 0.261 e. The fourth-order valence-corrected chi connectivity index (χ4v) is 3.22. The van der Waals surface area contributed by atoms with E-state index in [1.807, 2.05) is 24.3 Å². The summed E-state index contributed by atoms with van der Waals surface area (Å²) in [4.78, 5) is 27.4. The number of amides is 1. The number of hydrogen-bond donors (Lipinski definition) is 2. The zero-order valence-electron chi connectivity index (χ0n) is 13.9. The van der Waals surface area contributed by atoms with Crippen molar-refractivity contribution < 1.29 is 9.21 Å². The van der Waals surface area contributed by atoms with Gasteiger partial charge in [0.1, 0.15) is 11.3 Å². The number of furan rings is 1. The van der Waals surface area contributed by atoms with Crippen LogP contribution in [0.4, 0.5) is 0 Å². The van der Waals surface area contributed by atoms with Crippen LogP contribution in [0, 0.1) is 0 Å². The van der Waals surface area contributed by atoms with Crippen LogP contribution < -0.4 is 10.9 Å². The summed E-state index contributed by atoms with van der Waals surface area (Å²) in [6.45, 7) is 0.493. The Hall–Kier alpha value is -2.79. The van der Waals surface area contributed by atoms with Gasteiger partial charge in [0.25, 0.3) is 11.5 Å². The van der Waals surface area contributed by atoms with Crippen LogP contribution in [0.5, 0.6) is 0 Å². The van der Waals surface area contributed by atoms with E-state index in [0.29, 0.717) is 23.0 Å². The van der Waals surface area contributed by atoms with Crippen molar-refractivity contribution in [2.75, 3.05) is 6.54 Å². The Morgan fingerprint density at radius 1 is 1.15 bits per heavy atom. The molecule has 3 aromatic rings. The molecule has 4 rings (SSSR count). The van der Waals surface area contributed by atoms with E-state index in [-0.39, 0.29) is 16.9 Å². The number of rotatable bonds is 5. The molecule has 1 aromatic carbocycles. The lowest BCUT2D eigenvalue weighted by Gasteiger charge is -2.16. The molecule has 1 amide bonds. The number of nitrogens with one attached hydrogen (secondary N) is 2. The summed E-state index contributed by atoms with van der Waals surface area (Å²) >= 11 is 5.94. The third kappa shape index (κ3) is 3.18. The molecule has 1 saturated carbocycles. The first-order valence-corrected chi connectivity index (χ1v) is 8.77. The first-order chi connectivity index (χ1) is 12.6. The standard InChI is InChI=1S/C20H17ClN2O3/c21-14-5-3-13(4-6-14)20(9-10-20)12-22-18(24)15-7-8-16(23-19(15)25)17-2-1-11-26-17/h1-8,11H,9-10,12H2,(H,22,24)(H,23,25). The number of H-pyrrole nitrogens is 1. The molecule has 2 heterocycles. The van der Waals surface area contributed by atoms with Crippen LogP contribution in [-0.4, -0.2) is 17.4 Å². The summed E-state index contributed by atoms with van der Waals surface area (Å²) in [5, 5.41) is 3.59. The summed E-state index contributed by atoms with van der Waals surface area (Å²) < 4.78 is 5.25. The number of carbonyl (C=O) groups excluding carboxylic acids is 1. The molecule has 2 N–H and O–H groups in total. The molecule has 0 radical (unpaired) electrons. The highest BCUT2D eigenvalue weighted by Crippen LogP contribution is 2.47. The van der Waals surface area contributed by atoms with Crippen LogP contribution in [0.25, 0.3) is 11.5 Å². The molecule has 0 aliphatic heterocycles. The van der Waals surface area contributed by atoms with Gasteiger partial charge in [-0.3, -0.25) is 9.59 Å². The van der Waals surface area contributed by atoms with Crippen molar-refractivity contribution in [3.8, 4) is 11.5 Å². The average Bonchev–Trinajstić information content (AvgIpc) is 3.23. The molecule has 1 aliphatic rings. The molecule has 26 heavy (non-hydrogen) atoms. The van der Waals surface area contributed by atoms with Crippen molar-refractivity contribution >= 4 is 17.5 Å². The van der Waals surface area contributed by atoms with Crippen molar-refractivity contribution in [2.45, 2.75) is 18.3 Å². The predicted molar refractivity (Wildman–Crippen MR) is 99.5 cm³/mol. The minimum absolute atomic E-state index is 0.0544. The van der Waals surface area contributed by atoms with Gasteiger partial charge in [-0.15, -0.1) is 0 Å². The minimum Gasteiger partial charge on any atom is -0.463 e. The van der Waals surface area contributed by atoms with Crippen LogP contribution in [0.3, 0.4) is 0 Å². The number of pyridine rings is 1. The number of carbonyl (C=O) groups is 1. The second-order valence-electron chi connectivity index (χ2n) is 6.56.